The second kappa shape index (κ2) is 10.1. The molecule has 3 aromatic rings. The van der Waals surface area contributed by atoms with Crippen molar-refractivity contribution in [1.29, 1.82) is 0 Å². The Bertz CT molecular complexity index is 873. The maximum Gasteiger partial charge on any atom is 0.194 e. The first-order chi connectivity index (χ1) is 12.6. The molecule has 3 rings (SSSR count). The van der Waals surface area contributed by atoms with E-state index >= 15 is 0 Å². The van der Waals surface area contributed by atoms with Gasteiger partial charge in [0.05, 0.1) is 6.54 Å². The van der Waals surface area contributed by atoms with Crippen molar-refractivity contribution in [2.24, 2.45) is 4.99 Å². The Hall–Kier alpha value is -2.42. The minimum absolute atomic E-state index is 0. The highest BCUT2D eigenvalue weighted by atomic mass is 127. The first-order valence-corrected chi connectivity index (χ1v) is 8.59. The van der Waals surface area contributed by atoms with Crippen LogP contribution >= 0.6 is 24.0 Å². The lowest BCUT2D eigenvalue weighted by atomic mass is 10.2. The Morgan fingerprint density at radius 3 is 2.52 bits per heavy atom. The van der Waals surface area contributed by atoms with Gasteiger partial charge in [-0.25, -0.2) is 15.0 Å². The topological polar surface area (TPSA) is 58.3 Å². The van der Waals surface area contributed by atoms with Crippen LogP contribution in [0.5, 0.6) is 0 Å². The lowest BCUT2D eigenvalue weighted by Crippen LogP contribution is -2.36. The summed E-state index contributed by atoms with van der Waals surface area (Å²) in [6, 6.07) is 14.3. The zero-order valence-electron chi connectivity index (χ0n) is 15.8. The molecule has 7 heteroatoms. The molecule has 0 aliphatic heterocycles. The van der Waals surface area contributed by atoms with Gasteiger partial charge in [0.2, 0.25) is 0 Å². The molecule has 1 N–H and O–H groups in total. The van der Waals surface area contributed by atoms with Gasteiger partial charge in [-0.3, -0.25) is 4.57 Å². The third-order valence-electron chi connectivity index (χ3n) is 4.04. The molecule has 0 aliphatic carbocycles. The predicted molar refractivity (Wildman–Crippen MR) is 120 cm³/mol. The van der Waals surface area contributed by atoms with E-state index in [0.29, 0.717) is 13.1 Å². The van der Waals surface area contributed by atoms with Gasteiger partial charge in [-0.2, -0.15) is 0 Å². The summed E-state index contributed by atoms with van der Waals surface area (Å²) in [5.74, 6) is 2.64. The lowest BCUT2D eigenvalue weighted by molar-refractivity contribution is 0.578. The molecule has 142 valence electrons. The van der Waals surface area contributed by atoms with Crippen molar-refractivity contribution in [2.45, 2.75) is 20.0 Å². The summed E-state index contributed by atoms with van der Waals surface area (Å²) in [6.07, 6.45) is 5.51. The summed E-state index contributed by atoms with van der Waals surface area (Å²) < 4.78 is 1.99. The van der Waals surface area contributed by atoms with Crippen molar-refractivity contribution in [3.63, 3.8) is 0 Å². The van der Waals surface area contributed by atoms with E-state index in [4.69, 9.17) is 4.99 Å². The zero-order chi connectivity index (χ0) is 18.4. The summed E-state index contributed by atoms with van der Waals surface area (Å²) in [6.45, 7) is 3.24. The second-order valence-electron chi connectivity index (χ2n) is 6.20. The van der Waals surface area contributed by atoms with E-state index in [0.717, 1.165) is 23.2 Å². The molecule has 0 radical (unpaired) electrons. The highest BCUT2D eigenvalue weighted by molar-refractivity contribution is 14.0. The molecular weight excluding hydrogens is 451 g/mol. The SMILES string of the molecule is Cc1nccn1-c1ncccc1CNC(=NCc1ccccc1)N(C)C.I. The van der Waals surface area contributed by atoms with Crippen LogP contribution in [0.3, 0.4) is 0 Å². The molecule has 1 aromatic carbocycles. The molecule has 0 fully saturated rings. The smallest absolute Gasteiger partial charge is 0.194 e. The molecular formula is C20H25IN6. The summed E-state index contributed by atoms with van der Waals surface area (Å²) in [4.78, 5) is 15.5. The molecule has 0 saturated heterocycles. The lowest BCUT2D eigenvalue weighted by Gasteiger charge is -2.19. The van der Waals surface area contributed by atoms with E-state index in [9.17, 15) is 0 Å². The Labute approximate surface area is 177 Å². The number of hydrogen-bond acceptors (Lipinski definition) is 3. The van der Waals surface area contributed by atoms with Crippen LogP contribution in [0.1, 0.15) is 17.0 Å². The summed E-state index contributed by atoms with van der Waals surface area (Å²) in [7, 11) is 3.97. The quantitative estimate of drug-likeness (QED) is 0.349. The van der Waals surface area contributed by atoms with Crippen LogP contribution in [0, 0.1) is 6.92 Å². The first-order valence-electron chi connectivity index (χ1n) is 8.59. The maximum atomic E-state index is 4.71. The molecule has 2 heterocycles. The Morgan fingerprint density at radius 1 is 1.07 bits per heavy atom. The van der Waals surface area contributed by atoms with Gasteiger partial charge < -0.3 is 10.2 Å². The largest absolute Gasteiger partial charge is 0.352 e. The van der Waals surface area contributed by atoms with E-state index in [1.165, 1.54) is 5.56 Å². The van der Waals surface area contributed by atoms with Crippen molar-refractivity contribution in [1.82, 2.24) is 24.8 Å². The fourth-order valence-electron chi connectivity index (χ4n) is 2.67. The van der Waals surface area contributed by atoms with Gasteiger partial charge in [-0.05, 0) is 18.6 Å². The van der Waals surface area contributed by atoms with Gasteiger partial charge in [0, 0.05) is 44.8 Å². The number of halogens is 1. The number of guanidine groups is 1. The maximum absolute atomic E-state index is 4.71. The van der Waals surface area contributed by atoms with E-state index in [1.54, 1.807) is 12.4 Å². The van der Waals surface area contributed by atoms with Gasteiger partial charge in [0.1, 0.15) is 11.6 Å². The van der Waals surface area contributed by atoms with Crippen LogP contribution in [0.25, 0.3) is 5.82 Å². The number of rotatable bonds is 5. The normalized spacial score (nSPS) is 11.0. The monoisotopic (exact) mass is 476 g/mol. The van der Waals surface area contributed by atoms with E-state index < -0.39 is 0 Å². The standard InChI is InChI=1S/C20H24N6.HI/c1-16-21-12-13-26(16)19-18(10-7-11-22-19)15-24-20(25(2)3)23-14-17-8-5-4-6-9-17;/h4-13H,14-15H2,1-3H3,(H,23,24);1H. The fourth-order valence-corrected chi connectivity index (χ4v) is 2.67. The average molecular weight is 476 g/mol. The van der Waals surface area contributed by atoms with Crippen LogP contribution in [0.4, 0.5) is 0 Å². The van der Waals surface area contributed by atoms with Gasteiger partial charge in [-0.15, -0.1) is 24.0 Å². The minimum Gasteiger partial charge on any atom is -0.352 e. The van der Waals surface area contributed by atoms with Crippen molar-refractivity contribution in [3.05, 3.63) is 78.0 Å². The summed E-state index contributed by atoms with van der Waals surface area (Å²) in [5.41, 5.74) is 2.27. The van der Waals surface area contributed by atoms with Gasteiger partial charge in [0.15, 0.2) is 5.96 Å². The number of pyridine rings is 1. The third kappa shape index (κ3) is 5.53. The zero-order valence-corrected chi connectivity index (χ0v) is 18.2. The van der Waals surface area contributed by atoms with Gasteiger partial charge >= 0.3 is 0 Å². The van der Waals surface area contributed by atoms with Gasteiger partial charge in [0.25, 0.3) is 0 Å². The van der Waals surface area contributed by atoms with Crippen LogP contribution in [0.2, 0.25) is 0 Å². The van der Waals surface area contributed by atoms with E-state index in [-0.39, 0.29) is 24.0 Å². The van der Waals surface area contributed by atoms with Crippen LogP contribution < -0.4 is 5.32 Å². The van der Waals surface area contributed by atoms with Crippen LogP contribution in [-0.2, 0) is 13.1 Å². The number of benzene rings is 1. The van der Waals surface area contributed by atoms with E-state index in [1.807, 2.05) is 60.9 Å². The molecule has 0 bridgehead atoms. The number of nitrogens with one attached hydrogen (secondary N) is 1. The van der Waals surface area contributed by atoms with Gasteiger partial charge in [-0.1, -0.05) is 36.4 Å². The van der Waals surface area contributed by atoms with Crippen LogP contribution in [-0.4, -0.2) is 39.5 Å². The fraction of sp³-hybridized carbons (Fsp3) is 0.250. The summed E-state index contributed by atoms with van der Waals surface area (Å²) in [5, 5.41) is 3.43. The number of aliphatic imine (C=N–C) groups is 1. The highest BCUT2D eigenvalue weighted by Crippen LogP contribution is 2.13. The number of nitrogens with zero attached hydrogens (tertiary/aromatic N) is 5. The number of aryl methyl sites for hydroxylation is 1. The third-order valence-corrected chi connectivity index (χ3v) is 4.04. The molecule has 0 amide bonds. The van der Waals surface area contributed by atoms with Crippen molar-refractivity contribution >= 4 is 29.9 Å². The number of hydrogen-bond donors (Lipinski definition) is 1. The summed E-state index contributed by atoms with van der Waals surface area (Å²) >= 11 is 0. The van der Waals surface area contributed by atoms with Crippen LogP contribution in [0.15, 0.2) is 66.0 Å². The predicted octanol–water partition coefficient (Wildman–Crippen LogP) is 3.40. The van der Waals surface area contributed by atoms with Crippen molar-refractivity contribution in [3.8, 4) is 5.82 Å². The molecule has 0 saturated carbocycles. The average Bonchev–Trinajstić information content (AvgIpc) is 3.08. The molecule has 6 nitrogen and oxygen atoms in total. The Kier molecular flexibility index (Phi) is 7.78. The molecule has 27 heavy (non-hydrogen) atoms. The molecule has 0 aliphatic rings. The molecule has 2 aromatic heterocycles. The number of aromatic nitrogens is 3. The van der Waals surface area contributed by atoms with E-state index in [2.05, 4.69) is 33.5 Å². The highest BCUT2D eigenvalue weighted by Gasteiger charge is 2.09. The van der Waals surface area contributed by atoms with Crippen molar-refractivity contribution < 1.29 is 0 Å². The Balaban J connectivity index is 0.00000261. The second-order valence-corrected chi connectivity index (χ2v) is 6.20. The minimum atomic E-state index is 0. The first kappa shape index (κ1) is 20.9. The van der Waals surface area contributed by atoms with Crippen molar-refractivity contribution in [2.75, 3.05) is 14.1 Å². The molecule has 0 spiro atoms. The Morgan fingerprint density at radius 2 is 1.85 bits per heavy atom. The molecule has 0 unspecified atom stereocenters. The number of imidazole rings is 1. The molecule has 0 atom stereocenters.